The van der Waals surface area contributed by atoms with Gasteiger partial charge in [0, 0.05) is 71.3 Å². The van der Waals surface area contributed by atoms with Crippen molar-refractivity contribution in [3.8, 4) is 0 Å². The zero-order valence-corrected chi connectivity index (χ0v) is 71.2. The highest BCUT2D eigenvalue weighted by atomic mass is 16.5. The zero-order chi connectivity index (χ0) is 95.3. The number of aliphatic carboxylic acids is 4. The maximum Gasteiger partial charge on any atom is 0.329 e. The summed E-state index contributed by atoms with van der Waals surface area (Å²) in [4.78, 5) is 297. The van der Waals surface area contributed by atoms with Crippen LogP contribution in [-0.4, -0.2) is 265 Å². The van der Waals surface area contributed by atoms with Crippen LogP contribution in [0.15, 0.2) is 85.2 Å². The molecular formula is C83H111N19O27. The molecule has 129 heavy (non-hydrogen) atoms. The van der Waals surface area contributed by atoms with Gasteiger partial charge < -0.3 is 132 Å². The number of H-pyrrole nitrogens is 2. The number of anilines is 1. The number of hydrogen-bond donors (Lipinski definition) is 24. The first-order chi connectivity index (χ1) is 61.2. The number of aromatic amines is 2. The van der Waals surface area contributed by atoms with Crippen molar-refractivity contribution in [3.05, 3.63) is 102 Å². The van der Waals surface area contributed by atoms with Crippen molar-refractivity contribution in [2.45, 2.75) is 222 Å². The SMILES string of the molecule is CCCCCCCCCC(=O)N[C@@H](Cc1c[nH]c2ccccc12)C(=O)N[C@@H](CC(N)=O)C(=O)N[C@@H](CC(=O)O)C(=O)N[C@@H]1C(=O)NCC(=O)N[C@@H](CCCNC(=O)C(N)Cc2c[nH]c3ccccc23)C(=O)N[C@@H](CC(=O)O)C(=O)N[C@H](C)C(=O)N[C@@H](CC(=O)O)C(=O)NCC(=O)N[C@H](CO)C(=O)N[C@@H]([C@H](C)CC(=O)O)C(=O)N[C@@H](CC(=O)c2ccccc2N)C(=O)O[C@@H]1C. The number of primary amides is 1. The number of esters is 1. The molecular weight excluding hydrogens is 1700 g/mol. The van der Waals surface area contributed by atoms with Crippen LogP contribution in [0.5, 0.6) is 0 Å². The van der Waals surface area contributed by atoms with Gasteiger partial charge in [-0.1, -0.05) is 101 Å². The van der Waals surface area contributed by atoms with Gasteiger partial charge in [-0.15, -0.1) is 0 Å². The second-order valence-corrected chi connectivity index (χ2v) is 30.9. The first kappa shape index (κ1) is 103. The van der Waals surface area contributed by atoms with E-state index in [1.54, 1.807) is 60.9 Å². The van der Waals surface area contributed by atoms with Gasteiger partial charge in [0.1, 0.15) is 72.6 Å². The van der Waals surface area contributed by atoms with Gasteiger partial charge in [0.25, 0.3) is 0 Å². The van der Waals surface area contributed by atoms with Gasteiger partial charge in [-0.25, -0.2) is 4.79 Å². The number of aliphatic hydroxyl groups is 1. The Morgan fingerprint density at radius 3 is 1.60 bits per heavy atom. The lowest BCUT2D eigenvalue weighted by atomic mass is 9.96. The van der Waals surface area contributed by atoms with E-state index in [9.17, 15) is 117 Å². The van der Waals surface area contributed by atoms with Crippen LogP contribution in [0.25, 0.3) is 21.8 Å². The molecule has 46 heteroatoms. The molecule has 0 spiro atoms. The first-order valence-electron chi connectivity index (χ1n) is 41.5. The van der Waals surface area contributed by atoms with Crippen molar-refractivity contribution in [2.24, 2.45) is 17.4 Å². The Labute approximate surface area is 737 Å². The lowest BCUT2D eigenvalue weighted by molar-refractivity contribution is -0.156. The Bertz CT molecular complexity index is 4920. The molecule has 0 aliphatic carbocycles. The summed E-state index contributed by atoms with van der Waals surface area (Å²) >= 11 is 0. The van der Waals surface area contributed by atoms with E-state index < -0.39 is 273 Å². The van der Waals surface area contributed by atoms with Crippen molar-refractivity contribution in [3.63, 3.8) is 0 Å². The van der Waals surface area contributed by atoms with E-state index in [-0.39, 0.29) is 43.5 Å². The summed E-state index contributed by atoms with van der Waals surface area (Å²) in [7, 11) is 0. The number of aliphatic hydroxyl groups excluding tert-OH is 1. The van der Waals surface area contributed by atoms with Crippen molar-refractivity contribution in [1.82, 2.24) is 84.4 Å². The van der Waals surface area contributed by atoms with Crippen LogP contribution in [-0.2, 0) is 113 Å². The third kappa shape index (κ3) is 33.8. The summed E-state index contributed by atoms with van der Waals surface area (Å²) in [5.41, 5.74) is 20.1. The Kier molecular flexibility index (Phi) is 41.0. The smallest absolute Gasteiger partial charge is 0.329 e. The average Bonchev–Trinajstić information content (AvgIpc) is 1.72. The Hall–Kier alpha value is -14.5. The van der Waals surface area contributed by atoms with Crippen LogP contribution in [0.1, 0.15) is 152 Å². The van der Waals surface area contributed by atoms with E-state index in [0.717, 1.165) is 63.8 Å². The van der Waals surface area contributed by atoms with Crippen LogP contribution in [0.3, 0.4) is 0 Å². The maximum absolute atomic E-state index is 15.0. The molecule has 1 aliphatic heterocycles. The minimum Gasteiger partial charge on any atom is -0.481 e. The van der Waals surface area contributed by atoms with Crippen LogP contribution in [0.2, 0.25) is 0 Å². The van der Waals surface area contributed by atoms with Gasteiger partial charge in [-0.2, -0.15) is 0 Å². The molecule has 3 heterocycles. The number of carboxylic acids is 4. The number of nitrogens with one attached hydrogen (secondary N) is 16. The molecule has 0 radical (unpaired) electrons. The standard InChI is InChI=1S/C83H111N19O27/c1-5-6-7-8-9-10-11-26-63(106)94-54(30-45-37-89-52-24-17-14-20-47(45)52)77(122)97-55(32-62(86)105)78(123)99-58(35-69(115)116)79(124)102-71-43(4)129-83(128)59(31-61(104)48-21-12-15-22-49(48)84)100-82(127)70(41(2)28-66(109)110)101-80(125)60(40-103)95-65(108)38-90-74(119)56(33-67(111)112)96-72(117)42(3)92-76(121)57(34-68(113)114)98-75(120)53(93-64(107)39-91-81(71)126)25-18-27-87-73(118)50(85)29-44-36-88-51-23-16-13-19-46(44)51/h12-17,19-24,36-37,41-43,50,53-60,70-71,88-89,103H,5-11,18,25-35,38-40,84-85H2,1-4H3,(H2,86,105)(H,87,118)(H,90,119)(H,91,126)(H,92,121)(H,93,107)(H,94,106)(H,95,108)(H,96,117)(H,97,122)(H,98,120)(H,99,123)(H,100,127)(H,101,125)(H,102,124)(H,109,110)(H,111,112)(H,113,114)(H,115,116)/t41-,42-,43-,50?,53+,54+,55+,56+,57+,58+,59+,60-,70+,71+/m1/s1. The topological polar surface area (TPSA) is 747 Å². The molecule has 2 aromatic heterocycles. The number of carboxylic acid groups (broad SMARTS) is 4. The summed E-state index contributed by atoms with van der Waals surface area (Å²) in [6, 6.07) is -5.20. The number of nitrogens with two attached hydrogens (primary N) is 3. The van der Waals surface area contributed by atoms with E-state index in [2.05, 4.69) is 75.4 Å². The second kappa shape index (κ2) is 51.2. The molecule has 14 atom stereocenters. The Morgan fingerprint density at radius 2 is 1.02 bits per heavy atom. The Morgan fingerprint density at radius 1 is 0.504 bits per heavy atom. The highest BCUT2D eigenvalue weighted by Gasteiger charge is 2.41. The quantitative estimate of drug-likeness (QED) is 0.00764. The lowest BCUT2D eigenvalue weighted by Gasteiger charge is -2.30. The van der Waals surface area contributed by atoms with Crippen molar-refractivity contribution >= 4 is 152 Å². The average molecular weight is 1810 g/mol. The number of cyclic esters (lactones) is 1. The zero-order valence-electron chi connectivity index (χ0n) is 71.2. The molecule has 1 unspecified atom stereocenters. The highest BCUT2D eigenvalue weighted by Crippen LogP contribution is 2.23. The number of hydrogen-bond acceptors (Lipinski definition) is 25. The molecule has 1 fully saturated rings. The van der Waals surface area contributed by atoms with E-state index >= 15 is 9.59 Å². The fourth-order valence-corrected chi connectivity index (χ4v) is 13.7. The molecule has 0 bridgehead atoms. The summed E-state index contributed by atoms with van der Waals surface area (Å²) in [6.45, 7) is 0.826. The molecule has 6 rings (SSSR count). The van der Waals surface area contributed by atoms with Crippen molar-refractivity contribution in [2.75, 3.05) is 32.0 Å². The number of carbonyl (C=O) groups excluding carboxylic acids is 17. The fraction of sp³-hybridized carbons (Fsp3) is 0.482. The lowest BCUT2D eigenvalue weighted by Crippen LogP contribution is -2.62. The van der Waals surface area contributed by atoms with E-state index in [1.807, 2.05) is 16.0 Å². The summed E-state index contributed by atoms with van der Waals surface area (Å²) in [5, 5.41) is 82.8. The second-order valence-electron chi connectivity index (χ2n) is 30.9. The third-order valence-electron chi connectivity index (χ3n) is 20.6. The van der Waals surface area contributed by atoms with Gasteiger partial charge in [0.05, 0.1) is 57.8 Å². The maximum atomic E-state index is 15.0. The predicted molar refractivity (Wildman–Crippen MR) is 454 cm³/mol. The van der Waals surface area contributed by atoms with Gasteiger partial charge in [0.15, 0.2) is 5.78 Å². The number of benzene rings is 3. The number of aromatic nitrogens is 2. The van der Waals surface area contributed by atoms with Crippen molar-refractivity contribution < 1.29 is 131 Å². The number of nitrogen functional groups attached to an aromatic ring is 1. The number of ether oxygens (including phenoxy) is 1. The molecule has 15 amide bonds. The number of fused-ring (bicyclic) bond motifs is 2. The van der Waals surface area contributed by atoms with Gasteiger partial charge in [-0.3, -0.25) is 95.9 Å². The molecule has 700 valence electrons. The fourth-order valence-electron chi connectivity index (χ4n) is 13.7. The Balaban J connectivity index is 1.43. The number of ketones is 1. The predicted octanol–water partition coefficient (Wildman–Crippen LogP) is -4.41. The number of rotatable bonds is 39. The number of Topliss-reactive ketones (excluding diaryl/α,β-unsaturated/α-hetero) is 1. The van der Waals surface area contributed by atoms with Gasteiger partial charge >= 0.3 is 29.8 Å². The molecule has 46 nitrogen and oxygen atoms in total. The van der Waals surface area contributed by atoms with Crippen molar-refractivity contribution in [1.29, 1.82) is 0 Å². The molecule has 1 aliphatic rings. The third-order valence-corrected chi connectivity index (χ3v) is 20.6. The summed E-state index contributed by atoms with van der Waals surface area (Å²) < 4.78 is 5.74. The van der Waals surface area contributed by atoms with Crippen LogP contribution < -0.4 is 91.6 Å². The molecule has 3 aromatic carbocycles. The number of unbranched alkanes of at least 4 members (excludes halogenated alkanes) is 6. The van der Waals surface area contributed by atoms with E-state index in [4.69, 9.17) is 21.9 Å². The minimum atomic E-state index is -2.51. The van der Waals surface area contributed by atoms with E-state index in [0.29, 0.717) is 34.9 Å². The van der Waals surface area contributed by atoms with Gasteiger partial charge in [-0.05, 0) is 80.8 Å². The van der Waals surface area contributed by atoms with Gasteiger partial charge in [0.2, 0.25) is 88.6 Å². The van der Waals surface area contributed by atoms with Crippen LogP contribution >= 0.6 is 0 Å². The normalized spacial score (nSPS) is 20.4. The summed E-state index contributed by atoms with van der Waals surface area (Å²) in [6.07, 6.45) is -1.33. The largest absolute Gasteiger partial charge is 0.481 e. The number of para-hydroxylation sites is 3. The van der Waals surface area contributed by atoms with E-state index in [1.165, 1.54) is 24.3 Å². The first-order valence-corrected chi connectivity index (χ1v) is 41.5. The molecule has 0 saturated carbocycles. The molecule has 5 aromatic rings. The summed E-state index contributed by atoms with van der Waals surface area (Å²) in [5.74, 6) is -31.0. The van der Waals surface area contributed by atoms with Crippen LogP contribution in [0.4, 0.5) is 5.69 Å². The highest BCUT2D eigenvalue weighted by molar-refractivity contribution is 6.05. The molecule has 27 N–H and O–H groups in total. The number of amides is 15. The van der Waals surface area contributed by atoms with Crippen LogP contribution in [0, 0.1) is 5.92 Å². The monoisotopic (exact) mass is 1810 g/mol. The minimum absolute atomic E-state index is 0.0221. The number of carbonyl (C=O) groups is 21. The molecule has 1 saturated heterocycles.